The molecule has 0 saturated heterocycles. The van der Waals surface area contributed by atoms with Gasteiger partial charge in [-0.2, -0.15) is 0 Å². The van der Waals surface area contributed by atoms with E-state index in [1.54, 1.807) is 38.1 Å². The standard InChI is InChI=1S/C11H16N2O2/c1-3-15-10(14)8-4-6-9(7-5-8)11(2,12)13/h4-7H,3,12-13H2,1-2H3. The molecule has 82 valence electrons. The number of carbonyl (C=O) groups is 1. The lowest BCUT2D eigenvalue weighted by Gasteiger charge is -2.19. The Kier molecular flexibility index (Phi) is 3.44. The largest absolute Gasteiger partial charge is 0.462 e. The minimum absolute atomic E-state index is 0.334. The van der Waals surface area contributed by atoms with E-state index < -0.39 is 5.66 Å². The molecule has 0 fully saturated rings. The maximum Gasteiger partial charge on any atom is 0.338 e. The number of hydrogen-bond acceptors (Lipinski definition) is 4. The molecule has 0 aliphatic carbocycles. The van der Waals surface area contributed by atoms with Crippen LogP contribution in [0.4, 0.5) is 0 Å². The number of rotatable bonds is 3. The molecule has 0 bridgehead atoms. The van der Waals surface area contributed by atoms with Gasteiger partial charge in [0.15, 0.2) is 0 Å². The van der Waals surface area contributed by atoms with Gasteiger partial charge in [0.1, 0.15) is 0 Å². The second kappa shape index (κ2) is 4.42. The summed E-state index contributed by atoms with van der Waals surface area (Å²) in [6.07, 6.45) is 0. The smallest absolute Gasteiger partial charge is 0.338 e. The van der Waals surface area contributed by atoms with Crippen molar-refractivity contribution < 1.29 is 9.53 Å². The fourth-order valence-electron chi connectivity index (χ4n) is 1.18. The summed E-state index contributed by atoms with van der Waals surface area (Å²) in [4.78, 5) is 11.3. The fraction of sp³-hybridized carbons (Fsp3) is 0.364. The molecule has 0 aromatic heterocycles. The average Bonchev–Trinajstić information content (AvgIpc) is 2.17. The molecule has 0 radical (unpaired) electrons. The lowest BCUT2D eigenvalue weighted by Crippen LogP contribution is -2.42. The van der Waals surface area contributed by atoms with Gasteiger partial charge in [-0.3, -0.25) is 0 Å². The van der Waals surface area contributed by atoms with Crippen molar-refractivity contribution >= 4 is 5.97 Å². The zero-order valence-corrected chi connectivity index (χ0v) is 8.99. The van der Waals surface area contributed by atoms with Gasteiger partial charge in [0.05, 0.1) is 17.8 Å². The van der Waals surface area contributed by atoms with Crippen LogP contribution in [0.15, 0.2) is 24.3 Å². The summed E-state index contributed by atoms with van der Waals surface area (Å²) < 4.78 is 4.85. The van der Waals surface area contributed by atoms with Gasteiger partial charge in [-0.25, -0.2) is 4.79 Å². The Balaban J connectivity index is 2.86. The summed E-state index contributed by atoms with van der Waals surface area (Å²) in [5.74, 6) is -0.334. The highest BCUT2D eigenvalue weighted by Crippen LogP contribution is 2.13. The average molecular weight is 208 g/mol. The van der Waals surface area contributed by atoms with Crippen molar-refractivity contribution in [1.82, 2.24) is 0 Å². The first-order chi connectivity index (χ1) is 6.95. The normalized spacial score (nSPS) is 11.2. The van der Waals surface area contributed by atoms with Crippen molar-refractivity contribution in [2.75, 3.05) is 6.61 Å². The van der Waals surface area contributed by atoms with Crippen LogP contribution >= 0.6 is 0 Å². The number of benzene rings is 1. The molecule has 15 heavy (non-hydrogen) atoms. The van der Waals surface area contributed by atoms with Crippen LogP contribution in [0.2, 0.25) is 0 Å². The quantitative estimate of drug-likeness (QED) is 0.572. The van der Waals surface area contributed by atoms with Gasteiger partial charge in [0, 0.05) is 0 Å². The molecule has 0 aliphatic rings. The Morgan fingerprint density at radius 3 is 2.27 bits per heavy atom. The summed E-state index contributed by atoms with van der Waals surface area (Å²) in [6.45, 7) is 3.83. The van der Waals surface area contributed by atoms with Gasteiger partial charge in [0.2, 0.25) is 0 Å². The predicted octanol–water partition coefficient (Wildman–Crippen LogP) is 0.953. The Bertz CT molecular complexity index is 339. The third kappa shape index (κ3) is 3.04. The van der Waals surface area contributed by atoms with Crippen LogP contribution in [0, 0.1) is 0 Å². The molecule has 0 aliphatic heterocycles. The van der Waals surface area contributed by atoms with Gasteiger partial charge in [-0.05, 0) is 31.5 Å². The zero-order chi connectivity index (χ0) is 11.5. The molecule has 0 heterocycles. The van der Waals surface area contributed by atoms with Gasteiger partial charge in [-0.15, -0.1) is 0 Å². The van der Waals surface area contributed by atoms with Crippen LogP contribution in [0.5, 0.6) is 0 Å². The molecule has 0 atom stereocenters. The maximum atomic E-state index is 11.3. The van der Waals surface area contributed by atoms with E-state index in [2.05, 4.69) is 0 Å². The highest BCUT2D eigenvalue weighted by atomic mass is 16.5. The predicted molar refractivity (Wildman–Crippen MR) is 58.1 cm³/mol. The fourth-order valence-corrected chi connectivity index (χ4v) is 1.18. The van der Waals surface area contributed by atoms with E-state index in [-0.39, 0.29) is 5.97 Å². The molecule has 0 unspecified atom stereocenters. The monoisotopic (exact) mass is 208 g/mol. The molecular weight excluding hydrogens is 192 g/mol. The SMILES string of the molecule is CCOC(=O)c1ccc(C(C)(N)N)cc1. The zero-order valence-electron chi connectivity index (χ0n) is 8.99. The summed E-state index contributed by atoms with van der Waals surface area (Å²) >= 11 is 0. The van der Waals surface area contributed by atoms with Gasteiger partial charge < -0.3 is 16.2 Å². The summed E-state index contributed by atoms with van der Waals surface area (Å²) in [7, 11) is 0. The minimum atomic E-state index is -0.882. The Morgan fingerprint density at radius 2 is 1.87 bits per heavy atom. The topological polar surface area (TPSA) is 78.3 Å². The van der Waals surface area contributed by atoms with Crippen molar-refractivity contribution in [2.24, 2.45) is 11.5 Å². The second-order valence-corrected chi connectivity index (χ2v) is 3.58. The van der Waals surface area contributed by atoms with Crippen LogP contribution < -0.4 is 11.5 Å². The molecule has 0 spiro atoms. The number of carbonyl (C=O) groups excluding carboxylic acids is 1. The van der Waals surface area contributed by atoms with E-state index in [1.807, 2.05) is 0 Å². The van der Waals surface area contributed by atoms with Crippen LogP contribution in [0.3, 0.4) is 0 Å². The van der Waals surface area contributed by atoms with Gasteiger partial charge in [-0.1, -0.05) is 12.1 Å². The molecule has 4 N–H and O–H groups in total. The van der Waals surface area contributed by atoms with E-state index in [0.717, 1.165) is 5.56 Å². The molecule has 0 amide bonds. The number of nitrogens with two attached hydrogens (primary N) is 2. The Morgan fingerprint density at radius 1 is 1.33 bits per heavy atom. The van der Waals surface area contributed by atoms with E-state index >= 15 is 0 Å². The maximum absolute atomic E-state index is 11.3. The van der Waals surface area contributed by atoms with Crippen molar-refractivity contribution in [3.63, 3.8) is 0 Å². The first-order valence-electron chi connectivity index (χ1n) is 4.80. The van der Waals surface area contributed by atoms with Crippen molar-refractivity contribution in [3.8, 4) is 0 Å². The van der Waals surface area contributed by atoms with E-state index in [4.69, 9.17) is 16.2 Å². The van der Waals surface area contributed by atoms with Crippen LogP contribution in [-0.4, -0.2) is 12.6 Å². The van der Waals surface area contributed by atoms with Crippen LogP contribution in [0.1, 0.15) is 29.8 Å². The summed E-state index contributed by atoms with van der Waals surface area (Å²) in [5, 5.41) is 0. The van der Waals surface area contributed by atoms with E-state index in [1.165, 1.54) is 0 Å². The molecule has 1 aromatic carbocycles. The van der Waals surface area contributed by atoms with Crippen LogP contribution in [-0.2, 0) is 10.4 Å². The number of esters is 1. The van der Waals surface area contributed by atoms with Crippen molar-refractivity contribution in [3.05, 3.63) is 35.4 Å². The minimum Gasteiger partial charge on any atom is -0.462 e. The molecule has 1 aromatic rings. The third-order valence-electron chi connectivity index (χ3n) is 2.02. The van der Waals surface area contributed by atoms with E-state index in [0.29, 0.717) is 12.2 Å². The van der Waals surface area contributed by atoms with Gasteiger partial charge >= 0.3 is 5.97 Å². The summed E-state index contributed by atoms with van der Waals surface area (Å²) in [5.41, 5.74) is 11.8. The first kappa shape index (κ1) is 11.7. The van der Waals surface area contributed by atoms with Crippen molar-refractivity contribution in [1.29, 1.82) is 0 Å². The molecule has 1 rings (SSSR count). The second-order valence-electron chi connectivity index (χ2n) is 3.58. The lowest BCUT2D eigenvalue weighted by atomic mass is 10.0. The first-order valence-corrected chi connectivity index (χ1v) is 4.80. The Labute approximate surface area is 89.2 Å². The highest BCUT2D eigenvalue weighted by Gasteiger charge is 2.15. The number of ether oxygens (including phenoxy) is 1. The lowest BCUT2D eigenvalue weighted by molar-refractivity contribution is 0.0526. The third-order valence-corrected chi connectivity index (χ3v) is 2.02. The van der Waals surface area contributed by atoms with Crippen molar-refractivity contribution in [2.45, 2.75) is 19.5 Å². The number of hydrogen-bond donors (Lipinski definition) is 2. The molecule has 4 heteroatoms. The highest BCUT2D eigenvalue weighted by molar-refractivity contribution is 5.89. The summed E-state index contributed by atoms with van der Waals surface area (Å²) in [6, 6.07) is 6.77. The molecule has 0 saturated carbocycles. The Hall–Kier alpha value is -1.39. The van der Waals surface area contributed by atoms with Gasteiger partial charge in [0.25, 0.3) is 0 Å². The van der Waals surface area contributed by atoms with Crippen LogP contribution in [0.25, 0.3) is 0 Å². The molecular formula is C11H16N2O2. The van der Waals surface area contributed by atoms with E-state index in [9.17, 15) is 4.79 Å². The molecule has 4 nitrogen and oxygen atoms in total.